The van der Waals surface area contributed by atoms with Crippen molar-refractivity contribution in [1.82, 2.24) is 15.0 Å². The van der Waals surface area contributed by atoms with Gasteiger partial charge in [-0.2, -0.15) is 9.97 Å². The molecule has 6 heteroatoms. The molecule has 0 fully saturated rings. The molecule has 0 bridgehead atoms. The highest BCUT2D eigenvalue weighted by Gasteiger charge is 2.07. The lowest BCUT2D eigenvalue weighted by Gasteiger charge is -2.07. The van der Waals surface area contributed by atoms with Crippen LogP contribution >= 0.6 is 0 Å². The number of aromatic nitrogens is 3. The van der Waals surface area contributed by atoms with E-state index in [1.54, 1.807) is 0 Å². The summed E-state index contributed by atoms with van der Waals surface area (Å²) >= 11 is 0. The highest BCUT2D eigenvalue weighted by molar-refractivity contribution is 5.29. The summed E-state index contributed by atoms with van der Waals surface area (Å²) < 4.78 is 10.8. The van der Waals surface area contributed by atoms with Crippen LogP contribution in [0.4, 0.5) is 5.95 Å². The Morgan fingerprint density at radius 3 is 2.42 bits per heavy atom. The van der Waals surface area contributed by atoms with Gasteiger partial charge >= 0.3 is 12.0 Å². The lowest BCUT2D eigenvalue weighted by Crippen LogP contribution is -2.05. The van der Waals surface area contributed by atoms with Crippen LogP contribution in [-0.2, 0) is 0 Å². The second kappa shape index (κ2) is 5.99. The Labute approximate surface area is 111 Å². The largest absolute Gasteiger partial charge is 0.463 e. The van der Waals surface area contributed by atoms with Gasteiger partial charge in [-0.05, 0) is 25.5 Å². The van der Waals surface area contributed by atoms with Gasteiger partial charge in [-0.15, -0.1) is 4.98 Å². The van der Waals surface area contributed by atoms with E-state index in [9.17, 15) is 0 Å². The van der Waals surface area contributed by atoms with Crippen LogP contribution in [0.1, 0.15) is 18.9 Å². The van der Waals surface area contributed by atoms with Crippen LogP contribution in [-0.4, -0.2) is 21.6 Å². The van der Waals surface area contributed by atoms with Gasteiger partial charge in [0.15, 0.2) is 0 Å². The second-order valence-corrected chi connectivity index (χ2v) is 4.02. The Bertz CT molecular complexity index is 543. The van der Waals surface area contributed by atoms with Crippen LogP contribution in [0.25, 0.3) is 0 Å². The van der Waals surface area contributed by atoms with Crippen LogP contribution in [0.3, 0.4) is 0 Å². The van der Waals surface area contributed by atoms with E-state index in [1.807, 2.05) is 38.1 Å². The van der Waals surface area contributed by atoms with Crippen molar-refractivity contribution < 1.29 is 9.47 Å². The third-order valence-electron chi connectivity index (χ3n) is 2.28. The number of nitrogens with two attached hydrogens (primary N) is 1. The average Bonchev–Trinajstić information content (AvgIpc) is 2.38. The molecule has 0 spiro atoms. The number of anilines is 1. The molecule has 1 aromatic heterocycles. The predicted octanol–water partition coefficient (Wildman–Crippen LogP) is 2.34. The molecule has 0 aliphatic carbocycles. The Hall–Kier alpha value is -2.37. The van der Waals surface area contributed by atoms with Crippen molar-refractivity contribution in [2.75, 3.05) is 12.3 Å². The first-order valence-electron chi connectivity index (χ1n) is 6.06. The standard InChI is InChI=1S/C13H16N4O2/c1-3-8-18-12-15-11(14)16-13(17-12)19-10-6-4-9(2)5-7-10/h4-7H,3,8H2,1-2H3,(H2,14,15,16,17). The molecule has 2 aromatic rings. The number of hydrogen-bond donors (Lipinski definition) is 1. The van der Waals surface area contributed by atoms with E-state index < -0.39 is 0 Å². The summed E-state index contributed by atoms with van der Waals surface area (Å²) in [5.41, 5.74) is 6.73. The minimum absolute atomic E-state index is 0.0724. The summed E-state index contributed by atoms with van der Waals surface area (Å²) in [6.45, 7) is 4.52. The molecule has 0 saturated carbocycles. The maximum atomic E-state index is 5.59. The molecule has 1 aromatic carbocycles. The molecule has 0 aliphatic rings. The van der Waals surface area contributed by atoms with Gasteiger partial charge < -0.3 is 15.2 Å². The van der Waals surface area contributed by atoms with Crippen LogP contribution < -0.4 is 15.2 Å². The van der Waals surface area contributed by atoms with Gasteiger partial charge in [-0.25, -0.2) is 0 Å². The zero-order chi connectivity index (χ0) is 13.7. The molecule has 100 valence electrons. The van der Waals surface area contributed by atoms with Gasteiger partial charge in [0.2, 0.25) is 5.95 Å². The molecule has 1 heterocycles. The molecule has 6 nitrogen and oxygen atoms in total. The minimum atomic E-state index is 0.0724. The number of ether oxygens (including phenoxy) is 2. The van der Waals surface area contributed by atoms with Gasteiger partial charge in [0, 0.05) is 0 Å². The van der Waals surface area contributed by atoms with Crippen molar-refractivity contribution in [3.05, 3.63) is 29.8 Å². The molecule has 0 radical (unpaired) electrons. The molecule has 2 N–H and O–H groups in total. The second-order valence-electron chi connectivity index (χ2n) is 4.02. The van der Waals surface area contributed by atoms with Crippen LogP contribution in [0.15, 0.2) is 24.3 Å². The van der Waals surface area contributed by atoms with E-state index in [1.165, 1.54) is 0 Å². The maximum absolute atomic E-state index is 5.59. The van der Waals surface area contributed by atoms with E-state index in [0.717, 1.165) is 12.0 Å². The van der Waals surface area contributed by atoms with Gasteiger partial charge in [-0.3, -0.25) is 0 Å². The molecule has 0 unspecified atom stereocenters. The first kappa shape index (κ1) is 13.1. The van der Waals surface area contributed by atoms with Crippen LogP contribution in [0.5, 0.6) is 17.8 Å². The lowest BCUT2D eigenvalue weighted by atomic mass is 10.2. The van der Waals surface area contributed by atoms with Gasteiger partial charge in [0.1, 0.15) is 5.75 Å². The number of nitrogen functional groups attached to an aromatic ring is 1. The van der Waals surface area contributed by atoms with Gasteiger partial charge in [-0.1, -0.05) is 24.6 Å². The summed E-state index contributed by atoms with van der Waals surface area (Å²) in [5.74, 6) is 0.709. The minimum Gasteiger partial charge on any atom is -0.463 e. The van der Waals surface area contributed by atoms with E-state index in [-0.39, 0.29) is 18.0 Å². The molecule has 0 saturated heterocycles. The molecule has 0 amide bonds. The number of benzene rings is 1. The van der Waals surface area contributed by atoms with E-state index in [4.69, 9.17) is 15.2 Å². The average molecular weight is 260 g/mol. The fourth-order valence-electron chi connectivity index (χ4n) is 1.37. The third-order valence-corrected chi connectivity index (χ3v) is 2.28. The molecule has 2 rings (SSSR count). The number of nitrogens with zero attached hydrogens (tertiary/aromatic N) is 3. The van der Waals surface area contributed by atoms with Crippen LogP contribution in [0, 0.1) is 6.92 Å². The van der Waals surface area contributed by atoms with Crippen molar-refractivity contribution in [1.29, 1.82) is 0 Å². The lowest BCUT2D eigenvalue weighted by molar-refractivity contribution is 0.285. The smallest absolute Gasteiger partial charge is 0.330 e. The van der Waals surface area contributed by atoms with E-state index in [0.29, 0.717) is 12.4 Å². The zero-order valence-corrected chi connectivity index (χ0v) is 11.0. The van der Waals surface area contributed by atoms with Crippen molar-refractivity contribution in [2.24, 2.45) is 0 Å². The van der Waals surface area contributed by atoms with E-state index in [2.05, 4.69) is 15.0 Å². The maximum Gasteiger partial charge on any atom is 0.330 e. The monoisotopic (exact) mass is 260 g/mol. The zero-order valence-electron chi connectivity index (χ0n) is 11.0. The van der Waals surface area contributed by atoms with Gasteiger partial charge in [0.05, 0.1) is 6.61 Å². The van der Waals surface area contributed by atoms with Gasteiger partial charge in [0.25, 0.3) is 0 Å². The predicted molar refractivity (Wildman–Crippen MR) is 71.3 cm³/mol. The Kier molecular flexibility index (Phi) is 4.12. The first-order valence-corrected chi connectivity index (χ1v) is 6.06. The Morgan fingerprint density at radius 1 is 1.05 bits per heavy atom. The molecular weight excluding hydrogens is 244 g/mol. The summed E-state index contributed by atoms with van der Waals surface area (Å²) in [4.78, 5) is 11.8. The van der Waals surface area contributed by atoms with Crippen molar-refractivity contribution in [2.45, 2.75) is 20.3 Å². The highest BCUT2D eigenvalue weighted by Crippen LogP contribution is 2.20. The van der Waals surface area contributed by atoms with E-state index >= 15 is 0 Å². The fourth-order valence-corrected chi connectivity index (χ4v) is 1.37. The quantitative estimate of drug-likeness (QED) is 0.888. The summed E-state index contributed by atoms with van der Waals surface area (Å²) in [7, 11) is 0. The third kappa shape index (κ3) is 3.80. The highest BCUT2D eigenvalue weighted by atomic mass is 16.5. The summed E-state index contributed by atoms with van der Waals surface area (Å²) in [5, 5.41) is 0. The SMILES string of the molecule is CCCOc1nc(N)nc(Oc2ccc(C)cc2)n1. The summed E-state index contributed by atoms with van der Waals surface area (Å²) in [6.07, 6.45) is 0.861. The number of rotatable bonds is 5. The Balaban J connectivity index is 2.15. The van der Waals surface area contributed by atoms with Crippen molar-refractivity contribution in [3.63, 3.8) is 0 Å². The molecular formula is C13H16N4O2. The molecule has 19 heavy (non-hydrogen) atoms. The molecule has 0 atom stereocenters. The summed E-state index contributed by atoms with van der Waals surface area (Å²) in [6, 6.07) is 7.85. The molecule has 0 aliphatic heterocycles. The Morgan fingerprint density at radius 2 is 1.74 bits per heavy atom. The number of hydrogen-bond acceptors (Lipinski definition) is 6. The first-order chi connectivity index (χ1) is 9.17. The van der Waals surface area contributed by atoms with Crippen LogP contribution in [0.2, 0.25) is 0 Å². The van der Waals surface area contributed by atoms with Crippen molar-refractivity contribution >= 4 is 5.95 Å². The number of aryl methyl sites for hydroxylation is 1. The normalized spacial score (nSPS) is 10.2. The topological polar surface area (TPSA) is 83.2 Å². The van der Waals surface area contributed by atoms with Crippen molar-refractivity contribution in [3.8, 4) is 17.8 Å². The fraction of sp³-hybridized carbons (Fsp3) is 0.308.